The second-order valence-corrected chi connectivity index (χ2v) is 7.35. The third-order valence-corrected chi connectivity index (χ3v) is 4.79. The molecule has 0 saturated heterocycles. The largest absolute Gasteiger partial charge is 0.503 e. The first-order valence-corrected chi connectivity index (χ1v) is 9.78. The van der Waals surface area contributed by atoms with Gasteiger partial charge in [0.25, 0.3) is 5.91 Å². The van der Waals surface area contributed by atoms with E-state index in [1.54, 1.807) is 6.07 Å². The number of Topliss-reactive ketones (excluding diaryl/α,β-unsaturated/α-hetero) is 1. The first-order valence-electron chi connectivity index (χ1n) is 9.78. The van der Waals surface area contributed by atoms with Crippen molar-refractivity contribution in [2.24, 2.45) is 0 Å². The van der Waals surface area contributed by atoms with Crippen molar-refractivity contribution in [3.05, 3.63) is 65.3 Å². The molecule has 0 aliphatic carbocycles. The van der Waals surface area contributed by atoms with Gasteiger partial charge in [-0.05, 0) is 36.2 Å². The lowest BCUT2D eigenvalue weighted by atomic mass is 9.95. The molecule has 3 rings (SSSR count). The molecule has 0 fully saturated rings. The Kier molecular flexibility index (Phi) is 6.39. The summed E-state index contributed by atoms with van der Waals surface area (Å²) in [6.45, 7) is 3.65. The van der Waals surface area contributed by atoms with Gasteiger partial charge in [-0.3, -0.25) is 9.59 Å². The lowest BCUT2D eigenvalue weighted by Gasteiger charge is -2.27. The van der Waals surface area contributed by atoms with Crippen LogP contribution in [-0.2, 0) is 4.79 Å². The Hall–Kier alpha value is -3.06. The molecule has 0 unspecified atom stereocenters. The number of furan rings is 1. The SMILES string of the molecule is CCCOc1cccc([C@@H]2C(C(=O)c3ccco3)=C(O)C(=O)N2CC[NH+](C)C)c1. The van der Waals surface area contributed by atoms with E-state index in [1.165, 1.54) is 17.2 Å². The topological polar surface area (TPSA) is 84.4 Å². The van der Waals surface area contributed by atoms with Crippen LogP contribution in [0.5, 0.6) is 5.75 Å². The normalized spacial score (nSPS) is 16.8. The molecule has 0 radical (unpaired) electrons. The average Bonchev–Trinajstić information content (AvgIpc) is 3.32. The van der Waals surface area contributed by atoms with E-state index in [0.29, 0.717) is 31.0 Å². The van der Waals surface area contributed by atoms with Crippen LogP contribution in [0, 0.1) is 0 Å². The standard InChI is InChI=1S/C22H26N2O5/c1-4-12-28-16-8-5-7-15(14-16)19-18(20(25)17-9-6-13-29-17)21(26)22(27)24(19)11-10-23(2)3/h5-9,13-14,19,26H,4,10-12H2,1-3H3/p+1/t19-/m1/s1. The predicted molar refractivity (Wildman–Crippen MR) is 107 cm³/mol. The molecule has 1 aromatic carbocycles. The molecule has 1 aliphatic heterocycles. The van der Waals surface area contributed by atoms with Gasteiger partial charge in [-0.2, -0.15) is 0 Å². The summed E-state index contributed by atoms with van der Waals surface area (Å²) in [4.78, 5) is 28.6. The summed E-state index contributed by atoms with van der Waals surface area (Å²) in [6, 6.07) is 9.73. The number of carbonyl (C=O) groups excluding carboxylic acids is 2. The number of nitrogens with zero attached hydrogens (tertiary/aromatic N) is 1. The maximum atomic E-state index is 13.1. The Labute approximate surface area is 170 Å². The van der Waals surface area contributed by atoms with E-state index in [1.807, 2.05) is 45.3 Å². The molecule has 1 amide bonds. The fourth-order valence-electron chi connectivity index (χ4n) is 3.34. The Bertz CT molecular complexity index is 902. The van der Waals surface area contributed by atoms with E-state index in [9.17, 15) is 14.7 Å². The summed E-state index contributed by atoms with van der Waals surface area (Å²) in [5.41, 5.74) is 0.742. The third kappa shape index (κ3) is 4.35. The van der Waals surface area contributed by atoms with Crippen LogP contribution in [0.15, 0.2) is 58.4 Å². The third-order valence-electron chi connectivity index (χ3n) is 4.79. The highest BCUT2D eigenvalue weighted by molar-refractivity contribution is 6.15. The van der Waals surface area contributed by atoms with Gasteiger partial charge in [0.05, 0.1) is 51.7 Å². The number of hydrogen-bond acceptors (Lipinski definition) is 5. The van der Waals surface area contributed by atoms with Gasteiger partial charge in [-0.25, -0.2) is 0 Å². The average molecular weight is 399 g/mol. The lowest BCUT2D eigenvalue weighted by Crippen LogP contribution is -3.06. The molecule has 2 N–H and O–H groups in total. The van der Waals surface area contributed by atoms with Crippen LogP contribution in [0.3, 0.4) is 0 Å². The first-order chi connectivity index (χ1) is 13.9. The number of benzene rings is 1. The van der Waals surface area contributed by atoms with Crippen LogP contribution in [0.4, 0.5) is 0 Å². The van der Waals surface area contributed by atoms with Gasteiger partial charge >= 0.3 is 0 Å². The molecule has 7 nitrogen and oxygen atoms in total. The van der Waals surface area contributed by atoms with Crippen molar-refractivity contribution in [1.82, 2.24) is 4.90 Å². The maximum Gasteiger partial charge on any atom is 0.290 e. The number of rotatable bonds is 9. The zero-order chi connectivity index (χ0) is 21.0. The van der Waals surface area contributed by atoms with Crippen LogP contribution in [0.1, 0.15) is 35.5 Å². The molecule has 0 saturated carbocycles. The number of carbonyl (C=O) groups is 2. The van der Waals surface area contributed by atoms with Crippen LogP contribution < -0.4 is 9.64 Å². The number of ketones is 1. The number of hydrogen-bond donors (Lipinski definition) is 2. The van der Waals surface area contributed by atoms with E-state index >= 15 is 0 Å². The van der Waals surface area contributed by atoms with Gasteiger partial charge in [0, 0.05) is 0 Å². The van der Waals surface area contributed by atoms with Crippen molar-refractivity contribution in [2.45, 2.75) is 19.4 Å². The quantitative estimate of drug-likeness (QED) is 0.628. The number of likely N-dealkylation sites (N-methyl/N-ethyl adjacent to an activating group) is 1. The number of quaternary nitrogens is 1. The molecule has 154 valence electrons. The minimum atomic E-state index is -0.704. The van der Waals surface area contributed by atoms with Crippen LogP contribution in [-0.4, -0.2) is 55.5 Å². The molecule has 2 aromatic rings. The van der Waals surface area contributed by atoms with E-state index in [0.717, 1.165) is 11.3 Å². The number of aliphatic hydroxyl groups is 1. The molecule has 0 spiro atoms. The fourth-order valence-corrected chi connectivity index (χ4v) is 3.34. The van der Waals surface area contributed by atoms with Crippen molar-refractivity contribution in [3.63, 3.8) is 0 Å². The number of ether oxygens (including phenoxy) is 1. The van der Waals surface area contributed by atoms with E-state index in [2.05, 4.69) is 0 Å². The summed E-state index contributed by atoms with van der Waals surface area (Å²) in [6.07, 6.45) is 2.26. The second kappa shape index (κ2) is 8.96. The van der Waals surface area contributed by atoms with Crippen molar-refractivity contribution >= 4 is 11.7 Å². The van der Waals surface area contributed by atoms with Crippen LogP contribution in [0.25, 0.3) is 0 Å². The monoisotopic (exact) mass is 399 g/mol. The minimum Gasteiger partial charge on any atom is -0.503 e. The molecule has 1 aromatic heterocycles. The van der Waals surface area contributed by atoms with Gasteiger partial charge in [0.2, 0.25) is 5.78 Å². The fraction of sp³-hybridized carbons (Fsp3) is 0.364. The van der Waals surface area contributed by atoms with Gasteiger partial charge in [0.1, 0.15) is 5.75 Å². The van der Waals surface area contributed by atoms with Crippen molar-refractivity contribution < 1.29 is 28.7 Å². The molecule has 29 heavy (non-hydrogen) atoms. The number of amides is 1. The van der Waals surface area contributed by atoms with Gasteiger partial charge in [-0.15, -0.1) is 0 Å². The molecule has 7 heteroatoms. The zero-order valence-corrected chi connectivity index (χ0v) is 17.0. The molecule has 1 aliphatic rings. The summed E-state index contributed by atoms with van der Waals surface area (Å²) >= 11 is 0. The van der Waals surface area contributed by atoms with E-state index in [4.69, 9.17) is 9.15 Å². The second-order valence-electron chi connectivity index (χ2n) is 7.35. The molecular formula is C22H27N2O5+. The molecule has 2 heterocycles. The van der Waals surface area contributed by atoms with Crippen LogP contribution >= 0.6 is 0 Å². The molecule has 1 atom stereocenters. The smallest absolute Gasteiger partial charge is 0.290 e. The highest BCUT2D eigenvalue weighted by atomic mass is 16.5. The van der Waals surface area contributed by atoms with Gasteiger partial charge < -0.3 is 24.1 Å². The number of aliphatic hydroxyl groups excluding tert-OH is 1. The summed E-state index contributed by atoms with van der Waals surface area (Å²) in [7, 11) is 3.97. The summed E-state index contributed by atoms with van der Waals surface area (Å²) < 4.78 is 11.0. The Balaban J connectivity index is 2.03. The highest BCUT2D eigenvalue weighted by Crippen LogP contribution is 2.39. The van der Waals surface area contributed by atoms with Crippen LogP contribution in [0.2, 0.25) is 0 Å². The van der Waals surface area contributed by atoms with Gasteiger partial charge in [-0.1, -0.05) is 19.1 Å². The van der Waals surface area contributed by atoms with Gasteiger partial charge in [0.15, 0.2) is 11.5 Å². The predicted octanol–water partition coefficient (Wildman–Crippen LogP) is 1.79. The Morgan fingerprint density at radius 3 is 2.72 bits per heavy atom. The Morgan fingerprint density at radius 2 is 2.07 bits per heavy atom. The lowest BCUT2D eigenvalue weighted by molar-refractivity contribution is -0.857. The maximum absolute atomic E-state index is 13.1. The minimum absolute atomic E-state index is 0.0337. The van der Waals surface area contributed by atoms with Crippen molar-refractivity contribution in [2.75, 3.05) is 33.8 Å². The van der Waals surface area contributed by atoms with E-state index in [-0.39, 0.29) is 11.3 Å². The highest BCUT2D eigenvalue weighted by Gasteiger charge is 2.44. The molecular weight excluding hydrogens is 372 g/mol. The van der Waals surface area contributed by atoms with Crippen molar-refractivity contribution in [3.8, 4) is 5.75 Å². The summed E-state index contributed by atoms with van der Waals surface area (Å²) in [5.74, 6) is -0.824. The van der Waals surface area contributed by atoms with Crippen molar-refractivity contribution in [1.29, 1.82) is 0 Å². The number of nitrogens with one attached hydrogen (secondary N) is 1. The Morgan fingerprint density at radius 1 is 1.28 bits per heavy atom. The molecule has 0 bridgehead atoms. The summed E-state index contributed by atoms with van der Waals surface area (Å²) in [5, 5.41) is 10.6. The van der Waals surface area contributed by atoms with E-state index < -0.39 is 23.5 Å². The zero-order valence-electron chi connectivity index (χ0n) is 17.0. The first kappa shape index (κ1) is 20.7.